The zero-order chi connectivity index (χ0) is 25.1. The van der Waals surface area contributed by atoms with Crippen LogP contribution in [0.4, 0.5) is 0 Å². The fraction of sp³-hybridized carbons (Fsp3) is 0.171. The second-order valence-corrected chi connectivity index (χ2v) is 11.7. The van der Waals surface area contributed by atoms with Gasteiger partial charge in [0.15, 0.2) is 0 Å². The number of thioether (sulfide) groups is 1. The highest BCUT2D eigenvalue weighted by Gasteiger charge is 2.34. The van der Waals surface area contributed by atoms with Gasteiger partial charge in [0.2, 0.25) is 0 Å². The van der Waals surface area contributed by atoms with E-state index in [1.165, 1.54) is 54.9 Å². The fourth-order valence-electron chi connectivity index (χ4n) is 6.56. The smallest absolute Gasteiger partial charge is 0.128 e. The molecule has 3 unspecified atom stereocenters. The van der Waals surface area contributed by atoms with Crippen molar-refractivity contribution in [2.75, 3.05) is 0 Å². The van der Waals surface area contributed by atoms with E-state index >= 15 is 0 Å². The zero-order valence-electron chi connectivity index (χ0n) is 21.1. The number of fused-ring (bicyclic) bond motifs is 6. The van der Waals surface area contributed by atoms with Crippen molar-refractivity contribution in [3.8, 4) is 22.3 Å². The summed E-state index contributed by atoms with van der Waals surface area (Å²) in [6.07, 6.45) is 23.3. The zero-order valence-corrected chi connectivity index (χ0v) is 21.9. The van der Waals surface area contributed by atoms with Crippen LogP contribution in [0.15, 0.2) is 113 Å². The quantitative estimate of drug-likeness (QED) is 0.270. The summed E-state index contributed by atoms with van der Waals surface area (Å²) in [7, 11) is 0. The molecule has 1 aromatic heterocycles. The van der Waals surface area contributed by atoms with Crippen LogP contribution < -0.4 is 0 Å². The highest BCUT2D eigenvalue weighted by molar-refractivity contribution is 8.00. The Labute approximate surface area is 227 Å². The Morgan fingerprint density at radius 2 is 1.76 bits per heavy atom. The summed E-state index contributed by atoms with van der Waals surface area (Å²) < 4.78 is 2.49. The third-order valence-corrected chi connectivity index (χ3v) is 9.76. The number of aryl methyl sites for hydroxylation is 1. The third kappa shape index (κ3) is 3.45. The van der Waals surface area contributed by atoms with Crippen LogP contribution in [0.25, 0.3) is 39.2 Å². The Balaban J connectivity index is 1.36. The molecule has 184 valence electrons. The van der Waals surface area contributed by atoms with Crippen molar-refractivity contribution < 1.29 is 0 Å². The van der Waals surface area contributed by atoms with Gasteiger partial charge in [0, 0.05) is 39.8 Å². The maximum atomic E-state index is 4.89. The molecular weight excluding hydrogens is 480 g/mol. The molecule has 0 spiro atoms. The van der Waals surface area contributed by atoms with Crippen molar-refractivity contribution >= 4 is 35.0 Å². The van der Waals surface area contributed by atoms with Crippen LogP contribution in [-0.4, -0.2) is 16.0 Å². The van der Waals surface area contributed by atoms with Crippen LogP contribution in [-0.2, 0) is 6.42 Å². The minimum Gasteiger partial charge on any atom is -0.318 e. The standard InChI is InChI=1S/C35H28N2S/c1-2-10-23(11-3-1)25-20-29(35-30(21-25)28-13-5-7-15-33(28)38-35)24-17-18-27-26-12-4-6-14-31(26)37(32(27)22-24)34-16-8-9-19-36-34/h1-3,5-11,13-15,17-22,28,33-34H,4,12,16H2. The van der Waals surface area contributed by atoms with Crippen LogP contribution in [0, 0.1) is 0 Å². The number of benzene rings is 3. The van der Waals surface area contributed by atoms with Crippen LogP contribution in [0.1, 0.15) is 41.7 Å². The molecule has 38 heavy (non-hydrogen) atoms. The molecule has 0 radical (unpaired) electrons. The number of allylic oxidation sites excluding steroid dienone is 5. The van der Waals surface area contributed by atoms with E-state index in [1.807, 2.05) is 18.0 Å². The summed E-state index contributed by atoms with van der Waals surface area (Å²) in [5, 5.41) is 1.84. The first-order chi connectivity index (χ1) is 18.8. The molecule has 0 bridgehead atoms. The average molecular weight is 509 g/mol. The van der Waals surface area contributed by atoms with Gasteiger partial charge in [-0.25, -0.2) is 0 Å². The van der Waals surface area contributed by atoms with Gasteiger partial charge in [0.1, 0.15) is 6.17 Å². The first-order valence-corrected chi connectivity index (χ1v) is 14.5. The normalized spacial score (nSPS) is 22.6. The maximum Gasteiger partial charge on any atom is 0.128 e. The van der Waals surface area contributed by atoms with Crippen molar-refractivity contribution in [3.05, 3.63) is 120 Å². The summed E-state index contributed by atoms with van der Waals surface area (Å²) >= 11 is 2.02. The number of aromatic nitrogens is 1. The summed E-state index contributed by atoms with van der Waals surface area (Å²) in [5.74, 6) is 0.427. The van der Waals surface area contributed by atoms with E-state index in [1.54, 1.807) is 0 Å². The Morgan fingerprint density at radius 3 is 2.66 bits per heavy atom. The van der Waals surface area contributed by atoms with E-state index in [9.17, 15) is 0 Å². The van der Waals surface area contributed by atoms with E-state index in [4.69, 9.17) is 4.99 Å². The van der Waals surface area contributed by atoms with Gasteiger partial charge in [-0.15, -0.1) is 11.8 Å². The number of hydrogen-bond donors (Lipinski definition) is 0. The molecule has 3 aromatic carbocycles. The Kier molecular flexibility index (Phi) is 5.19. The van der Waals surface area contributed by atoms with Crippen molar-refractivity contribution in [1.82, 2.24) is 4.57 Å². The molecule has 0 amide bonds. The van der Waals surface area contributed by atoms with Crippen LogP contribution in [0.3, 0.4) is 0 Å². The monoisotopic (exact) mass is 508 g/mol. The van der Waals surface area contributed by atoms with E-state index in [0.717, 1.165) is 19.3 Å². The lowest BCUT2D eigenvalue weighted by Crippen LogP contribution is -2.10. The number of hydrogen-bond acceptors (Lipinski definition) is 2. The Hall–Kier alpha value is -3.82. The summed E-state index contributed by atoms with van der Waals surface area (Å²) in [5.41, 5.74) is 10.8. The second-order valence-electron chi connectivity index (χ2n) is 10.5. The minimum atomic E-state index is 0.109. The molecule has 0 saturated carbocycles. The molecule has 3 heterocycles. The van der Waals surface area contributed by atoms with E-state index in [-0.39, 0.29) is 6.17 Å². The van der Waals surface area contributed by atoms with Gasteiger partial charge < -0.3 is 4.57 Å². The molecule has 8 rings (SSSR count). The van der Waals surface area contributed by atoms with Crippen molar-refractivity contribution in [1.29, 1.82) is 0 Å². The van der Waals surface area contributed by atoms with E-state index in [2.05, 4.69) is 114 Å². The molecule has 2 aliphatic heterocycles. The van der Waals surface area contributed by atoms with Crippen molar-refractivity contribution in [2.24, 2.45) is 4.99 Å². The number of aliphatic imine (C=N–C) groups is 1. The van der Waals surface area contributed by atoms with Crippen LogP contribution in [0.5, 0.6) is 0 Å². The summed E-state index contributed by atoms with van der Waals surface area (Å²) in [6, 6.07) is 22.8. The highest BCUT2D eigenvalue weighted by atomic mass is 32.2. The van der Waals surface area contributed by atoms with Gasteiger partial charge in [0.25, 0.3) is 0 Å². The summed E-state index contributed by atoms with van der Waals surface area (Å²) in [6.45, 7) is 0. The molecule has 2 nitrogen and oxygen atoms in total. The SMILES string of the molecule is C1=CCC(n2c3c(c4ccc(-c5cc(-c6ccccc6)cc6c5SC5C=CC=CC65)cc42)CCC=C3)N=C1. The highest BCUT2D eigenvalue weighted by Crippen LogP contribution is 2.53. The van der Waals surface area contributed by atoms with Gasteiger partial charge in [-0.1, -0.05) is 78.9 Å². The number of nitrogens with zero attached hydrogens (tertiary/aromatic N) is 2. The Morgan fingerprint density at radius 1 is 0.842 bits per heavy atom. The molecule has 4 aromatic rings. The lowest BCUT2D eigenvalue weighted by Gasteiger charge is -2.20. The van der Waals surface area contributed by atoms with Crippen LogP contribution in [0.2, 0.25) is 0 Å². The van der Waals surface area contributed by atoms with Gasteiger partial charge in [-0.3, -0.25) is 4.99 Å². The minimum absolute atomic E-state index is 0.109. The number of rotatable bonds is 3. The molecule has 2 aliphatic carbocycles. The largest absolute Gasteiger partial charge is 0.318 e. The predicted octanol–water partition coefficient (Wildman–Crippen LogP) is 9.15. The van der Waals surface area contributed by atoms with E-state index < -0.39 is 0 Å². The third-order valence-electron chi connectivity index (χ3n) is 8.35. The number of dihydropyridines is 1. The Bertz CT molecular complexity index is 1730. The lowest BCUT2D eigenvalue weighted by molar-refractivity contribution is 0.542. The fourth-order valence-corrected chi connectivity index (χ4v) is 8.02. The molecule has 0 saturated heterocycles. The predicted molar refractivity (Wildman–Crippen MR) is 162 cm³/mol. The second kappa shape index (κ2) is 8.89. The maximum absolute atomic E-state index is 4.89. The summed E-state index contributed by atoms with van der Waals surface area (Å²) in [4.78, 5) is 6.32. The first kappa shape index (κ1) is 22.2. The molecule has 0 N–H and O–H groups in total. The average Bonchev–Trinajstić information content (AvgIpc) is 3.53. The van der Waals surface area contributed by atoms with Gasteiger partial charge in [-0.05, 0) is 76.6 Å². The van der Waals surface area contributed by atoms with E-state index in [0.29, 0.717) is 11.2 Å². The first-order valence-electron chi connectivity index (χ1n) is 13.6. The molecule has 0 fully saturated rings. The van der Waals surface area contributed by atoms with Gasteiger partial charge in [-0.2, -0.15) is 0 Å². The molecule has 3 atom stereocenters. The molecule has 4 aliphatic rings. The van der Waals surface area contributed by atoms with Gasteiger partial charge in [0.05, 0.1) is 5.52 Å². The van der Waals surface area contributed by atoms with Crippen molar-refractivity contribution in [3.63, 3.8) is 0 Å². The van der Waals surface area contributed by atoms with Gasteiger partial charge >= 0.3 is 0 Å². The topological polar surface area (TPSA) is 17.3 Å². The molecular formula is C35H28N2S. The van der Waals surface area contributed by atoms with Crippen LogP contribution >= 0.6 is 11.8 Å². The van der Waals surface area contributed by atoms with Crippen molar-refractivity contribution in [2.45, 2.75) is 41.5 Å². The lowest BCUT2D eigenvalue weighted by atomic mass is 9.87. The molecule has 3 heteroatoms.